The van der Waals surface area contributed by atoms with Crippen LogP contribution in [0.5, 0.6) is 0 Å². The maximum Gasteiger partial charge on any atom is 0.269 e. The molecule has 0 aliphatic carbocycles. The number of hydrogen-bond acceptors (Lipinski definition) is 5. The molecule has 4 rings (SSSR count). The van der Waals surface area contributed by atoms with Gasteiger partial charge in [-0.2, -0.15) is 0 Å². The van der Waals surface area contributed by atoms with Crippen molar-refractivity contribution >= 4 is 11.6 Å². The van der Waals surface area contributed by atoms with E-state index in [0.717, 1.165) is 11.4 Å². The van der Waals surface area contributed by atoms with E-state index < -0.39 is 11.2 Å². The highest BCUT2D eigenvalue weighted by molar-refractivity contribution is 6.05. The molecule has 2 aromatic rings. The topological polar surface area (TPSA) is 80.0 Å². The molecular weight excluding hydrogens is 375 g/mol. The molecule has 0 spiro atoms. The van der Waals surface area contributed by atoms with Gasteiger partial charge in [0, 0.05) is 31.9 Å². The summed E-state index contributed by atoms with van der Waals surface area (Å²) in [6.07, 6.45) is 4.86. The highest BCUT2D eigenvalue weighted by atomic mass is 19.1. The molecule has 0 radical (unpaired) electrons. The zero-order chi connectivity index (χ0) is 20.6. The lowest BCUT2D eigenvalue weighted by molar-refractivity contribution is -0.157. The number of halogens is 1. The van der Waals surface area contributed by atoms with Crippen LogP contribution < -0.4 is 0 Å². The summed E-state index contributed by atoms with van der Waals surface area (Å²) in [6, 6.07) is 5.99. The molecule has 2 aliphatic rings. The van der Waals surface area contributed by atoms with E-state index in [4.69, 9.17) is 4.84 Å². The molecule has 1 aromatic carbocycles. The van der Waals surface area contributed by atoms with Crippen LogP contribution in [0, 0.1) is 12.7 Å². The van der Waals surface area contributed by atoms with E-state index in [1.165, 1.54) is 12.1 Å². The van der Waals surface area contributed by atoms with Gasteiger partial charge in [-0.05, 0) is 44.4 Å². The Morgan fingerprint density at radius 3 is 2.59 bits per heavy atom. The second-order valence-corrected chi connectivity index (χ2v) is 8.16. The molecule has 1 saturated heterocycles. The van der Waals surface area contributed by atoms with E-state index in [0.29, 0.717) is 44.6 Å². The number of likely N-dealkylation sites (tertiary alicyclic amines) is 1. The number of hydrogen-bond donors (Lipinski definition) is 1. The molecule has 1 aromatic heterocycles. The molecule has 0 saturated carbocycles. The average molecular weight is 400 g/mol. The summed E-state index contributed by atoms with van der Waals surface area (Å²) in [6.45, 7) is 5.00. The van der Waals surface area contributed by atoms with Crippen LogP contribution in [0.1, 0.15) is 37.6 Å². The van der Waals surface area contributed by atoms with Crippen molar-refractivity contribution in [1.29, 1.82) is 0 Å². The number of aromatic nitrogens is 2. The molecule has 154 valence electrons. The Morgan fingerprint density at radius 1 is 1.28 bits per heavy atom. The molecule has 1 N–H and O–H groups in total. The smallest absolute Gasteiger partial charge is 0.269 e. The van der Waals surface area contributed by atoms with Gasteiger partial charge in [-0.25, -0.2) is 9.37 Å². The number of nitrogens with zero attached hydrogens (tertiary/aromatic N) is 4. The summed E-state index contributed by atoms with van der Waals surface area (Å²) in [5.74, 6) is 0.396. The van der Waals surface area contributed by atoms with Gasteiger partial charge in [-0.15, -0.1) is 0 Å². The van der Waals surface area contributed by atoms with E-state index in [9.17, 15) is 14.3 Å². The standard InChI is InChI=1S/C21H25FN4O3/c1-15-23-9-12-26(15)14-21(28)7-10-25(11-8-21)19(27)20(2)13-18(24-29-20)16-3-5-17(22)6-4-16/h3-6,9,12,28H,7-8,10-11,13-14H2,1-2H3. The Kier molecular flexibility index (Phi) is 4.90. The number of carbonyl (C=O) groups excluding carboxylic acids is 1. The maximum absolute atomic E-state index is 13.1. The number of imidazole rings is 1. The first-order valence-electron chi connectivity index (χ1n) is 9.79. The number of amides is 1. The summed E-state index contributed by atoms with van der Waals surface area (Å²) < 4.78 is 15.1. The number of carbonyl (C=O) groups is 1. The lowest BCUT2D eigenvalue weighted by Gasteiger charge is -2.40. The van der Waals surface area contributed by atoms with E-state index in [-0.39, 0.29) is 11.7 Å². The Labute approximate surface area is 168 Å². The second kappa shape index (κ2) is 7.26. The molecule has 7 nitrogen and oxygen atoms in total. The summed E-state index contributed by atoms with van der Waals surface area (Å²) in [7, 11) is 0. The number of rotatable bonds is 4. The Morgan fingerprint density at radius 2 is 1.97 bits per heavy atom. The molecular formula is C21H25FN4O3. The molecule has 0 bridgehead atoms. The van der Waals surface area contributed by atoms with Crippen LogP contribution in [-0.2, 0) is 16.2 Å². The summed E-state index contributed by atoms with van der Waals surface area (Å²) in [5, 5.41) is 15.0. The normalized spacial score (nSPS) is 23.6. The van der Waals surface area contributed by atoms with Crippen LogP contribution in [0.2, 0.25) is 0 Å². The molecule has 3 heterocycles. The highest BCUT2D eigenvalue weighted by Crippen LogP contribution is 2.32. The van der Waals surface area contributed by atoms with Crippen molar-refractivity contribution in [3.8, 4) is 0 Å². The Bertz CT molecular complexity index is 932. The van der Waals surface area contributed by atoms with Crippen molar-refractivity contribution in [2.24, 2.45) is 5.16 Å². The maximum atomic E-state index is 13.1. The largest absolute Gasteiger partial charge is 0.388 e. The molecule has 1 fully saturated rings. The van der Waals surface area contributed by atoms with Crippen molar-refractivity contribution in [3.05, 3.63) is 53.9 Å². The molecule has 2 aliphatic heterocycles. The first-order valence-corrected chi connectivity index (χ1v) is 9.79. The minimum absolute atomic E-state index is 0.140. The quantitative estimate of drug-likeness (QED) is 0.854. The van der Waals surface area contributed by atoms with E-state index in [2.05, 4.69) is 10.1 Å². The first kappa shape index (κ1) is 19.6. The van der Waals surface area contributed by atoms with Crippen LogP contribution in [0.4, 0.5) is 4.39 Å². The van der Waals surface area contributed by atoms with Gasteiger partial charge in [-0.1, -0.05) is 17.3 Å². The van der Waals surface area contributed by atoms with Crippen LogP contribution >= 0.6 is 0 Å². The molecule has 1 unspecified atom stereocenters. The second-order valence-electron chi connectivity index (χ2n) is 8.16. The van der Waals surface area contributed by atoms with E-state index in [1.54, 1.807) is 30.2 Å². The fourth-order valence-corrected chi connectivity index (χ4v) is 3.96. The van der Waals surface area contributed by atoms with E-state index >= 15 is 0 Å². The fraction of sp³-hybridized carbons (Fsp3) is 0.476. The van der Waals surface area contributed by atoms with Crippen molar-refractivity contribution in [2.75, 3.05) is 13.1 Å². The predicted molar refractivity (Wildman–Crippen MR) is 105 cm³/mol. The number of aliphatic hydroxyl groups is 1. The Balaban J connectivity index is 1.37. The number of aryl methyl sites for hydroxylation is 1. The van der Waals surface area contributed by atoms with Crippen LogP contribution in [-0.4, -0.2) is 55.5 Å². The van der Waals surface area contributed by atoms with Crippen molar-refractivity contribution < 1.29 is 19.1 Å². The van der Waals surface area contributed by atoms with Gasteiger partial charge in [0.15, 0.2) is 0 Å². The third kappa shape index (κ3) is 3.89. The van der Waals surface area contributed by atoms with Gasteiger partial charge in [0.2, 0.25) is 5.60 Å². The van der Waals surface area contributed by atoms with Crippen LogP contribution in [0.15, 0.2) is 41.8 Å². The van der Waals surface area contributed by atoms with Gasteiger partial charge in [-0.3, -0.25) is 4.79 Å². The van der Waals surface area contributed by atoms with Gasteiger partial charge >= 0.3 is 0 Å². The van der Waals surface area contributed by atoms with Gasteiger partial charge < -0.3 is 19.4 Å². The third-order valence-electron chi connectivity index (χ3n) is 5.86. The van der Waals surface area contributed by atoms with Gasteiger partial charge in [0.05, 0.1) is 17.9 Å². The lowest BCUT2D eigenvalue weighted by atomic mass is 9.89. The fourth-order valence-electron chi connectivity index (χ4n) is 3.96. The van der Waals surface area contributed by atoms with E-state index in [1.807, 2.05) is 17.7 Å². The molecule has 29 heavy (non-hydrogen) atoms. The van der Waals surface area contributed by atoms with Crippen molar-refractivity contribution in [1.82, 2.24) is 14.5 Å². The third-order valence-corrected chi connectivity index (χ3v) is 5.86. The zero-order valence-electron chi connectivity index (χ0n) is 16.6. The molecule has 1 atom stereocenters. The summed E-state index contributed by atoms with van der Waals surface area (Å²) >= 11 is 0. The minimum Gasteiger partial charge on any atom is -0.388 e. The van der Waals surface area contributed by atoms with Crippen molar-refractivity contribution in [2.45, 2.75) is 50.9 Å². The number of benzene rings is 1. The monoisotopic (exact) mass is 400 g/mol. The number of piperidine rings is 1. The zero-order valence-corrected chi connectivity index (χ0v) is 16.6. The highest BCUT2D eigenvalue weighted by Gasteiger charge is 2.46. The molecule has 1 amide bonds. The SMILES string of the molecule is Cc1nccn1CC1(O)CCN(C(=O)C2(C)CC(c3ccc(F)cc3)=NO2)CC1. The van der Waals surface area contributed by atoms with Crippen molar-refractivity contribution in [3.63, 3.8) is 0 Å². The molecule has 8 heteroatoms. The summed E-state index contributed by atoms with van der Waals surface area (Å²) in [4.78, 5) is 24.6. The number of oxime groups is 1. The van der Waals surface area contributed by atoms with Crippen LogP contribution in [0.25, 0.3) is 0 Å². The van der Waals surface area contributed by atoms with Gasteiger partial charge in [0.1, 0.15) is 11.6 Å². The first-order chi connectivity index (χ1) is 13.8. The lowest BCUT2D eigenvalue weighted by Crippen LogP contribution is -2.54. The van der Waals surface area contributed by atoms with Crippen LogP contribution in [0.3, 0.4) is 0 Å². The average Bonchev–Trinajstić information content (AvgIpc) is 3.29. The Hall–Kier alpha value is -2.74. The van der Waals surface area contributed by atoms with Gasteiger partial charge in [0.25, 0.3) is 5.91 Å². The summed E-state index contributed by atoms with van der Waals surface area (Å²) in [5.41, 5.74) is -0.577. The minimum atomic E-state index is -1.08. The predicted octanol–water partition coefficient (Wildman–Crippen LogP) is 2.27.